The Balaban J connectivity index is 1.64. The zero-order valence-corrected chi connectivity index (χ0v) is 24.9. The van der Waals surface area contributed by atoms with Crippen molar-refractivity contribution in [2.45, 2.75) is 77.5 Å². The van der Waals surface area contributed by atoms with Crippen LogP contribution in [-0.2, 0) is 25.4 Å². The number of nitrogens with zero attached hydrogens (tertiary/aromatic N) is 2. The first-order valence-electron chi connectivity index (χ1n) is 13.7. The zero-order valence-electron chi connectivity index (χ0n) is 23.3. The van der Waals surface area contributed by atoms with Crippen LogP contribution in [0.4, 0.5) is 9.59 Å². The van der Waals surface area contributed by atoms with Crippen molar-refractivity contribution in [3.05, 3.63) is 33.8 Å². The molecule has 2 amide bonds. The summed E-state index contributed by atoms with van der Waals surface area (Å²) in [5.74, 6) is 0.0522. The molecule has 0 bridgehead atoms. The van der Waals surface area contributed by atoms with Crippen LogP contribution in [0, 0.1) is 5.92 Å². The monoisotopic (exact) mass is 585 g/mol. The Morgan fingerprint density at radius 2 is 1.74 bits per heavy atom. The maximum Gasteiger partial charge on any atom is 0.508 e. The van der Waals surface area contributed by atoms with Gasteiger partial charge in [-0.05, 0) is 58.2 Å². The highest BCUT2D eigenvalue weighted by Gasteiger charge is 2.36. The third-order valence-electron chi connectivity index (χ3n) is 7.07. The second kappa shape index (κ2) is 14.4. The summed E-state index contributed by atoms with van der Waals surface area (Å²) in [4.78, 5) is 42.2. The minimum Gasteiger partial charge on any atom is -0.444 e. The van der Waals surface area contributed by atoms with Gasteiger partial charge in [-0.2, -0.15) is 0 Å². The van der Waals surface area contributed by atoms with Gasteiger partial charge in [0.05, 0.1) is 13.2 Å². The number of nitrogens with one attached hydrogen (secondary N) is 1. The molecule has 1 saturated carbocycles. The van der Waals surface area contributed by atoms with Gasteiger partial charge in [0.25, 0.3) is 0 Å². The summed E-state index contributed by atoms with van der Waals surface area (Å²) in [5, 5.41) is 3.69. The number of hydrogen-bond acceptors (Lipinski definition) is 7. The highest BCUT2D eigenvalue weighted by Crippen LogP contribution is 2.30. The second-order valence-corrected chi connectivity index (χ2v) is 11.9. The molecule has 3 rings (SSSR count). The summed E-state index contributed by atoms with van der Waals surface area (Å²) in [6.45, 7) is 10.2. The molecule has 9 nitrogen and oxygen atoms in total. The van der Waals surface area contributed by atoms with Crippen LogP contribution in [0.15, 0.2) is 18.2 Å². The van der Waals surface area contributed by atoms with Gasteiger partial charge in [-0.1, -0.05) is 42.1 Å². The van der Waals surface area contributed by atoms with Crippen LogP contribution in [0.2, 0.25) is 10.0 Å². The highest BCUT2D eigenvalue weighted by atomic mass is 35.5. The van der Waals surface area contributed by atoms with E-state index in [-0.39, 0.29) is 30.9 Å². The molecule has 2 fully saturated rings. The first kappa shape index (κ1) is 31.3. The van der Waals surface area contributed by atoms with E-state index < -0.39 is 23.9 Å². The van der Waals surface area contributed by atoms with Crippen molar-refractivity contribution in [3.8, 4) is 0 Å². The molecular formula is C28H41Cl2N3O6. The van der Waals surface area contributed by atoms with Crippen LogP contribution in [-0.4, -0.2) is 85.0 Å². The van der Waals surface area contributed by atoms with Crippen LogP contribution < -0.4 is 5.32 Å². The molecule has 1 aliphatic carbocycles. The van der Waals surface area contributed by atoms with Crippen molar-refractivity contribution in [3.63, 3.8) is 0 Å². The number of benzene rings is 1. The average Bonchev–Trinajstić information content (AvgIpc) is 2.87. The predicted octanol–water partition coefficient (Wildman–Crippen LogP) is 5.31. The van der Waals surface area contributed by atoms with E-state index in [9.17, 15) is 14.4 Å². The molecule has 39 heavy (non-hydrogen) atoms. The summed E-state index contributed by atoms with van der Waals surface area (Å²) in [6, 6.07) is 4.54. The van der Waals surface area contributed by atoms with Crippen molar-refractivity contribution in [2.24, 2.45) is 5.92 Å². The fourth-order valence-corrected chi connectivity index (χ4v) is 5.73. The molecule has 1 aliphatic heterocycles. The molecule has 1 aromatic carbocycles. The Labute approximate surface area is 241 Å². The Morgan fingerprint density at radius 3 is 2.38 bits per heavy atom. The topological polar surface area (TPSA) is 97.4 Å². The molecule has 1 N–H and O–H groups in total. The van der Waals surface area contributed by atoms with Gasteiger partial charge in [-0.25, -0.2) is 9.59 Å². The van der Waals surface area contributed by atoms with E-state index in [1.165, 1.54) is 0 Å². The van der Waals surface area contributed by atoms with Gasteiger partial charge >= 0.3 is 12.2 Å². The molecule has 218 valence electrons. The summed E-state index contributed by atoms with van der Waals surface area (Å²) < 4.78 is 15.7. The lowest BCUT2D eigenvalue weighted by Gasteiger charge is -2.44. The lowest BCUT2D eigenvalue weighted by molar-refractivity contribution is -0.136. The molecule has 2 aliphatic rings. The van der Waals surface area contributed by atoms with Crippen LogP contribution in [0.5, 0.6) is 0 Å². The fraction of sp³-hybridized carbons (Fsp3) is 0.679. The lowest BCUT2D eigenvalue weighted by Crippen LogP contribution is -2.58. The number of carbonyl (C=O) groups excluding carboxylic acids is 3. The Kier molecular flexibility index (Phi) is 11.6. The van der Waals surface area contributed by atoms with E-state index in [0.29, 0.717) is 48.4 Å². The van der Waals surface area contributed by atoms with E-state index in [0.717, 1.165) is 25.7 Å². The van der Waals surface area contributed by atoms with E-state index in [1.807, 2.05) is 0 Å². The average molecular weight is 587 g/mol. The van der Waals surface area contributed by atoms with E-state index >= 15 is 0 Å². The first-order valence-corrected chi connectivity index (χ1v) is 14.5. The Morgan fingerprint density at radius 1 is 1.05 bits per heavy atom. The quantitative estimate of drug-likeness (QED) is 0.413. The van der Waals surface area contributed by atoms with Crippen molar-refractivity contribution < 1.29 is 28.6 Å². The van der Waals surface area contributed by atoms with Crippen molar-refractivity contribution in [1.29, 1.82) is 0 Å². The Bertz CT molecular complexity index is 994. The molecule has 1 unspecified atom stereocenters. The van der Waals surface area contributed by atoms with Crippen LogP contribution in [0.25, 0.3) is 0 Å². The summed E-state index contributed by atoms with van der Waals surface area (Å²) in [7, 11) is 0. The van der Waals surface area contributed by atoms with Gasteiger partial charge in [0.1, 0.15) is 11.6 Å². The van der Waals surface area contributed by atoms with Gasteiger partial charge in [0, 0.05) is 54.6 Å². The summed E-state index contributed by atoms with van der Waals surface area (Å²) in [6.07, 6.45) is 3.19. The largest absolute Gasteiger partial charge is 0.508 e. The molecule has 1 aromatic rings. The van der Waals surface area contributed by atoms with Crippen LogP contribution in [0.3, 0.4) is 0 Å². The molecule has 3 atom stereocenters. The predicted molar refractivity (Wildman–Crippen MR) is 150 cm³/mol. The number of ether oxygens (including phenoxy) is 3. The van der Waals surface area contributed by atoms with Crippen molar-refractivity contribution >= 4 is 41.4 Å². The van der Waals surface area contributed by atoms with Crippen molar-refractivity contribution in [2.75, 3.05) is 39.4 Å². The van der Waals surface area contributed by atoms with E-state index in [4.69, 9.17) is 37.4 Å². The molecular weight excluding hydrogens is 545 g/mol. The molecule has 11 heteroatoms. The molecule has 0 spiro atoms. The molecule has 1 heterocycles. The fourth-order valence-electron chi connectivity index (χ4n) is 5.25. The number of amides is 2. The Hall–Kier alpha value is -2.23. The van der Waals surface area contributed by atoms with Crippen molar-refractivity contribution in [1.82, 2.24) is 15.1 Å². The van der Waals surface area contributed by atoms with Gasteiger partial charge in [-0.3, -0.25) is 9.69 Å². The zero-order chi connectivity index (χ0) is 28.6. The molecule has 1 saturated heterocycles. The first-order chi connectivity index (χ1) is 18.5. The van der Waals surface area contributed by atoms with Gasteiger partial charge < -0.3 is 24.4 Å². The van der Waals surface area contributed by atoms with Crippen LogP contribution >= 0.6 is 23.2 Å². The third-order valence-corrected chi connectivity index (χ3v) is 7.66. The number of piperazine rings is 1. The lowest BCUT2D eigenvalue weighted by atomic mass is 9.83. The third kappa shape index (κ3) is 9.72. The molecule has 0 aromatic heterocycles. The maximum absolute atomic E-state index is 13.7. The summed E-state index contributed by atoms with van der Waals surface area (Å²) >= 11 is 12.4. The minimum atomic E-state index is -0.842. The number of hydrogen-bond donors (Lipinski definition) is 1. The van der Waals surface area contributed by atoms with Gasteiger partial charge in [0.15, 0.2) is 0 Å². The molecule has 0 radical (unpaired) electrons. The highest BCUT2D eigenvalue weighted by molar-refractivity contribution is 6.35. The number of carbonyl (C=O) groups is 3. The SMILES string of the molecule is CCOC(=O)OC[C@@H]1CCCC[C@H]1N1CCN(C(=O)C(Cc2ccc(Cl)cc2Cl)NC(=O)OC(C)(C)C)CC1. The van der Waals surface area contributed by atoms with Crippen LogP contribution in [0.1, 0.15) is 58.9 Å². The normalized spacial score (nSPS) is 21.1. The number of halogens is 2. The number of rotatable bonds is 8. The smallest absolute Gasteiger partial charge is 0.444 e. The van der Waals surface area contributed by atoms with E-state index in [2.05, 4.69) is 10.2 Å². The second-order valence-electron chi connectivity index (χ2n) is 11.1. The standard InChI is InChI=1S/C28H41Cl2N3O6/c1-5-37-27(36)38-18-20-8-6-7-9-24(20)32-12-14-33(15-13-32)25(34)23(31-26(35)39-28(2,3)4)16-19-10-11-21(29)17-22(19)30/h10-11,17,20,23-24H,5-9,12-16,18H2,1-4H3,(H,31,35)/t20-,23?,24+/m0/s1. The number of alkyl carbamates (subject to hydrolysis) is 1. The van der Waals surface area contributed by atoms with Gasteiger partial charge in [0.2, 0.25) is 5.91 Å². The minimum absolute atomic E-state index is 0.183. The van der Waals surface area contributed by atoms with E-state index in [1.54, 1.807) is 50.8 Å². The summed E-state index contributed by atoms with van der Waals surface area (Å²) in [5.41, 5.74) is 0.00939. The van der Waals surface area contributed by atoms with Gasteiger partial charge in [-0.15, -0.1) is 0 Å². The maximum atomic E-state index is 13.7.